The molecule has 0 aromatic heterocycles. The smallest absolute Gasteiger partial charge is 0.307 e. The van der Waals surface area contributed by atoms with Gasteiger partial charge in [0.25, 0.3) is 0 Å². The molecule has 4 unspecified atom stereocenters. The van der Waals surface area contributed by atoms with Gasteiger partial charge in [-0.3, -0.25) is 4.79 Å². The molecule has 4 atom stereocenters. The van der Waals surface area contributed by atoms with Gasteiger partial charge in [0, 0.05) is 13.6 Å². The van der Waals surface area contributed by atoms with Crippen LogP contribution in [0, 0.1) is 17.8 Å². The lowest BCUT2D eigenvalue weighted by atomic mass is 10.1. The van der Waals surface area contributed by atoms with Gasteiger partial charge >= 0.3 is 5.97 Å². The lowest BCUT2D eigenvalue weighted by Gasteiger charge is -2.24. The van der Waals surface area contributed by atoms with Crippen molar-refractivity contribution in [1.82, 2.24) is 4.31 Å². The summed E-state index contributed by atoms with van der Waals surface area (Å²) in [5.74, 6) is -0.653. The maximum Gasteiger partial charge on any atom is 0.307 e. The highest BCUT2D eigenvalue weighted by Gasteiger charge is 2.45. The number of carboxylic acid groups (broad SMARTS) is 1. The molecule has 2 fully saturated rings. The minimum absolute atomic E-state index is 0.453. The van der Waals surface area contributed by atoms with E-state index < -0.39 is 27.2 Å². The van der Waals surface area contributed by atoms with Crippen LogP contribution >= 0.6 is 0 Å². The first kappa shape index (κ1) is 13.8. The van der Waals surface area contributed by atoms with Gasteiger partial charge in [-0.1, -0.05) is 13.3 Å². The Morgan fingerprint density at radius 1 is 1.39 bits per heavy atom. The molecule has 6 heteroatoms. The summed E-state index contributed by atoms with van der Waals surface area (Å²) in [7, 11) is -1.88. The second-order valence-electron chi connectivity index (χ2n) is 5.71. The topological polar surface area (TPSA) is 74.7 Å². The summed E-state index contributed by atoms with van der Waals surface area (Å²) in [5, 5.41) is 8.35. The van der Waals surface area contributed by atoms with E-state index in [2.05, 4.69) is 6.92 Å². The number of aliphatic carboxylic acids is 1. The Morgan fingerprint density at radius 2 is 2.00 bits per heavy atom. The molecule has 0 radical (unpaired) electrons. The number of carbonyl (C=O) groups is 1. The van der Waals surface area contributed by atoms with E-state index >= 15 is 0 Å². The van der Waals surface area contributed by atoms with E-state index in [0.717, 1.165) is 6.42 Å². The monoisotopic (exact) mass is 275 g/mol. The Balaban J connectivity index is 2.07. The van der Waals surface area contributed by atoms with Crippen molar-refractivity contribution < 1.29 is 18.3 Å². The predicted molar refractivity (Wildman–Crippen MR) is 67.6 cm³/mol. The third-order valence-corrected chi connectivity index (χ3v) is 6.70. The number of nitrogens with zero attached hydrogens (tertiary/aromatic N) is 1. The zero-order chi connectivity index (χ0) is 13.5. The Hall–Kier alpha value is -0.620. The summed E-state index contributed by atoms with van der Waals surface area (Å²) in [6, 6.07) is 0. The van der Waals surface area contributed by atoms with Crippen LogP contribution in [0.4, 0.5) is 0 Å². The summed E-state index contributed by atoms with van der Waals surface area (Å²) < 4.78 is 26.1. The Morgan fingerprint density at radius 3 is 2.50 bits per heavy atom. The van der Waals surface area contributed by atoms with Crippen LogP contribution in [0.2, 0.25) is 0 Å². The highest BCUT2D eigenvalue weighted by atomic mass is 32.2. The van der Waals surface area contributed by atoms with Gasteiger partial charge in [-0.05, 0) is 31.1 Å². The van der Waals surface area contributed by atoms with Crippen molar-refractivity contribution in [3.05, 3.63) is 0 Å². The molecule has 2 rings (SSSR count). The Kier molecular flexibility index (Phi) is 3.69. The fourth-order valence-corrected chi connectivity index (χ4v) is 4.88. The summed E-state index contributed by atoms with van der Waals surface area (Å²) >= 11 is 0. The van der Waals surface area contributed by atoms with E-state index in [0.29, 0.717) is 37.6 Å². The van der Waals surface area contributed by atoms with Crippen molar-refractivity contribution in [3.63, 3.8) is 0 Å². The van der Waals surface area contributed by atoms with Gasteiger partial charge in [0.2, 0.25) is 10.0 Å². The summed E-state index contributed by atoms with van der Waals surface area (Å²) in [5.41, 5.74) is 0. The van der Waals surface area contributed by atoms with Crippen LogP contribution < -0.4 is 0 Å². The first-order valence-electron chi connectivity index (χ1n) is 6.52. The average molecular weight is 275 g/mol. The highest BCUT2D eigenvalue weighted by molar-refractivity contribution is 7.89. The number of rotatable bonds is 5. The van der Waals surface area contributed by atoms with Gasteiger partial charge < -0.3 is 5.11 Å². The van der Waals surface area contributed by atoms with Crippen LogP contribution in [-0.2, 0) is 14.8 Å². The van der Waals surface area contributed by atoms with Gasteiger partial charge in [0.15, 0.2) is 0 Å². The number of sulfonamides is 1. The quantitative estimate of drug-likeness (QED) is 0.817. The van der Waals surface area contributed by atoms with Gasteiger partial charge in [-0.25, -0.2) is 12.7 Å². The Bertz CT molecular complexity index is 433. The van der Waals surface area contributed by atoms with E-state index in [1.165, 1.54) is 4.31 Å². The molecular formula is C12H21NO4S. The van der Waals surface area contributed by atoms with Crippen LogP contribution in [-0.4, -0.2) is 42.6 Å². The standard InChI is InChI=1S/C12H21NO4S/c1-8-6-9(8)7-13(2)18(16,17)11-5-3-4-10(11)12(14)15/h8-11H,3-7H2,1-2H3,(H,14,15). The van der Waals surface area contributed by atoms with Crippen molar-refractivity contribution in [2.45, 2.75) is 37.9 Å². The van der Waals surface area contributed by atoms with Crippen molar-refractivity contribution >= 4 is 16.0 Å². The van der Waals surface area contributed by atoms with Gasteiger partial charge in [0.1, 0.15) is 0 Å². The third kappa shape index (κ3) is 2.54. The Labute approximate surface area is 108 Å². The second kappa shape index (κ2) is 4.81. The first-order valence-corrected chi connectivity index (χ1v) is 8.02. The molecule has 2 aliphatic carbocycles. The van der Waals surface area contributed by atoms with E-state index in [4.69, 9.17) is 5.11 Å². The molecule has 5 nitrogen and oxygen atoms in total. The molecule has 0 amide bonds. The summed E-state index contributed by atoms with van der Waals surface area (Å²) in [4.78, 5) is 11.1. The zero-order valence-corrected chi connectivity index (χ0v) is 11.7. The van der Waals surface area contributed by atoms with Crippen molar-refractivity contribution in [1.29, 1.82) is 0 Å². The molecule has 0 saturated heterocycles. The summed E-state index contributed by atoms with van der Waals surface area (Å²) in [6.07, 6.45) is 2.72. The molecule has 2 saturated carbocycles. The molecule has 0 aromatic rings. The summed E-state index contributed by atoms with van der Waals surface area (Å²) in [6.45, 7) is 2.65. The molecular weight excluding hydrogens is 254 g/mol. The van der Waals surface area contributed by atoms with Crippen LogP contribution in [0.25, 0.3) is 0 Å². The molecule has 2 aliphatic rings. The fourth-order valence-electron chi connectivity index (χ4n) is 2.88. The maximum atomic E-state index is 12.4. The van der Waals surface area contributed by atoms with Gasteiger partial charge in [0.05, 0.1) is 11.2 Å². The average Bonchev–Trinajstić information content (AvgIpc) is 2.83. The second-order valence-corrected chi connectivity index (χ2v) is 7.97. The molecule has 1 N–H and O–H groups in total. The number of carboxylic acids is 1. The molecule has 104 valence electrons. The molecule has 0 spiro atoms. The highest BCUT2D eigenvalue weighted by Crippen LogP contribution is 2.40. The third-order valence-electron chi connectivity index (χ3n) is 4.35. The van der Waals surface area contributed by atoms with Crippen LogP contribution in [0.1, 0.15) is 32.6 Å². The van der Waals surface area contributed by atoms with Crippen molar-refractivity contribution in [2.75, 3.05) is 13.6 Å². The number of hydrogen-bond donors (Lipinski definition) is 1. The van der Waals surface area contributed by atoms with Crippen molar-refractivity contribution in [2.24, 2.45) is 17.8 Å². The lowest BCUT2D eigenvalue weighted by molar-refractivity contribution is -0.141. The number of hydrogen-bond acceptors (Lipinski definition) is 3. The van der Waals surface area contributed by atoms with Gasteiger partial charge in [-0.2, -0.15) is 0 Å². The van der Waals surface area contributed by atoms with E-state index in [1.54, 1.807) is 7.05 Å². The van der Waals surface area contributed by atoms with Crippen LogP contribution in [0.3, 0.4) is 0 Å². The largest absolute Gasteiger partial charge is 0.481 e. The molecule has 18 heavy (non-hydrogen) atoms. The molecule has 0 aromatic carbocycles. The minimum atomic E-state index is -3.46. The van der Waals surface area contributed by atoms with Crippen LogP contribution in [0.15, 0.2) is 0 Å². The normalized spacial score (nSPS) is 35.9. The molecule has 0 heterocycles. The minimum Gasteiger partial charge on any atom is -0.481 e. The van der Waals surface area contributed by atoms with E-state index in [9.17, 15) is 13.2 Å². The SMILES string of the molecule is CC1CC1CN(C)S(=O)(=O)C1CCCC1C(=O)O. The van der Waals surface area contributed by atoms with Crippen molar-refractivity contribution in [3.8, 4) is 0 Å². The van der Waals surface area contributed by atoms with E-state index in [-0.39, 0.29) is 0 Å². The first-order chi connectivity index (χ1) is 8.34. The van der Waals surface area contributed by atoms with Crippen LogP contribution in [0.5, 0.6) is 0 Å². The maximum absolute atomic E-state index is 12.4. The molecule has 0 aliphatic heterocycles. The van der Waals surface area contributed by atoms with E-state index in [1.807, 2.05) is 0 Å². The fraction of sp³-hybridized carbons (Fsp3) is 0.917. The lowest BCUT2D eigenvalue weighted by Crippen LogP contribution is -2.41. The molecule has 0 bridgehead atoms. The van der Waals surface area contributed by atoms with Gasteiger partial charge in [-0.15, -0.1) is 0 Å². The predicted octanol–water partition coefficient (Wildman–Crippen LogP) is 1.16. The zero-order valence-electron chi connectivity index (χ0n) is 10.9.